The van der Waals surface area contributed by atoms with E-state index in [9.17, 15) is 14.7 Å². The summed E-state index contributed by atoms with van der Waals surface area (Å²) in [6, 6.07) is 7.00. The number of hydrogen-bond donors (Lipinski definition) is 2. The second kappa shape index (κ2) is 6.27. The molecule has 6 nitrogen and oxygen atoms in total. The highest BCUT2D eigenvalue weighted by Crippen LogP contribution is 2.14. The van der Waals surface area contributed by atoms with Crippen LogP contribution in [0.2, 0.25) is 0 Å². The van der Waals surface area contributed by atoms with Gasteiger partial charge >= 0.3 is 0 Å². The zero-order chi connectivity index (χ0) is 16.3. The number of carbonyl (C=O) groups is 1. The maximum Gasteiger partial charge on any atom is 0.261 e. The fourth-order valence-corrected chi connectivity index (χ4v) is 1.91. The van der Waals surface area contributed by atoms with Gasteiger partial charge in [-0.15, -0.1) is 0 Å². The molecule has 0 radical (unpaired) electrons. The predicted molar refractivity (Wildman–Crippen MR) is 84.5 cm³/mol. The van der Waals surface area contributed by atoms with E-state index in [-0.39, 0.29) is 30.5 Å². The second-order valence-corrected chi connectivity index (χ2v) is 5.98. The maximum atomic E-state index is 12.3. The fraction of sp³-hybridized carbons (Fsp3) is 0.438. The van der Waals surface area contributed by atoms with Crippen molar-refractivity contribution in [1.29, 1.82) is 0 Å². The molecule has 2 aromatic rings. The summed E-state index contributed by atoms with van der Waals surface area (Å²) in [5.74, 6) is -0.321. The third-order valence-corrected chi connectivity index (χ3v) is 3.93. The number of carbonyl (C=O) groups excluding carboxylic acids is 1. The lowest BCUT2D eigenvalue weighted by Crippen LogP contribution is -2.45. The molecular formula is C16H21N3O3. The van der Waals surface area contributed by atoms with Gasteiger partial charge in [-0.05, 0) is 25.0 Å². The van der Waals surface area contributed by atoms with Gasteiger partial charge in [0.2, 0.25) is 5.91 Å². The minimum Gasteiger partial charge on any atom is -0.388 e. The van der Waals surface area contributed by atoms with Crippen LogP contribution >= 0.6 is 0 Å². The third-order valence-electron chi connectivity index (χ3n) is 3.93. The molecule has 1 heterocycles. The van der Waals surface area contributed by atoms with Crippen LogP contribution in [0.1, 0.15) is 20.8 Å². The molecular weight excluding hydrogens is 282 g/mol. The van der Waals surface area contributed by atoms with Crippen LogP contribution in [0.4, 0.5) is 0 Å². The van der Waals surface area contributed by atoms with Gasteiger partial charge in [-0.2, -0.15) is 0 Å². The van der Waals surface area contributed by atoms with Crippen molar-refractivity contribution in [3.8, 4) is 0 Å². The highest BCUT2D eigenvalue weighted by molar-refractivity contribution is 5.78. The molecule has 2 rings (SSSR count). The van der Waals surface area contributed by atoms with Gasteiger partial charge in [0, 0.05) is 6.54 Å². The monoisotopic (exact) mass is 303 g/mol. The molecule has 1 atom stereocenters. The van der Waals surface area contributed by atoms with Gasteiger partial charge in [-0.25, -0.2) is 4.98 Å². The summed E-state index contributed by atoms with van der Waals surface area (Å²) in [6.45, 7) is 5.44. The van der Waals surface area contributed by atoms with E-state index in [1.807, 2.05) is 13.8 Å². The van der Waals surface area contributed by atoms with E-state index in [4.69, 9.17) is 0 Å². The predicted octanol–water partition coefficient (Wildman–Crippen LogP) is 0.920. The first-order valence-electron chi connectivity index (χ1n) is 7.24. The highest BCUT2D eigenvalue weighted by atomic mass is 16.3. The molecule has 0 aliphatic carbocycles. The number of aliphatic hydroxyl groups is 1. The SMILES string of the molecule is CC(C)C(C)(O)CNC(=O)Cn1cnc2ccccc2c1=O. The summed E-state index contributed by atoms with van der Waals surface area (Å²) in [5, 5.41) is 13.2. The number of hydrogen-bond acceptors (Lipinski definition) is 4. The number of aromatic nitrogens is 2. The first-order valence-corrected chi connectivity index (χ1v) is 7.24. The number of fused-ring (bicyclic) bond motifs is 1. The lowest BCUT2D eigenvalue weighted by molar-refractivity contribution is -0.123. The quantitative estimate of drug-likeness (QED) is 0.860. The van der Waals surface area contributed by atoms with Gasteiger partial charge < -0.3 is 10.4 Å². The van der Waals surface area contributed by atoms with Gasteiger partial charge in [0.1, 0.15) is 6.54 Å². The highest BCUT2D eigenvalue weighted by Gasteiger charge is 2.25. The van der Waals surface area contributed by atoms with E-state index >= 15 is 0 Å². The molecule has 6 heteroatoms. The molecule has 1 aromatic carbocycles. The van der Waals surface area contributed by atoms with E-state index in [2.05, 4.69) is 10.3 Å². The molecule has 0 aliphatic heterocycles. The van der Waals surface area contributed by atoms with Crippen LogP contribution in [0.3, 0.4) is 0 Å². The second-order valence-electron chi connectivity index (χ2n) is 5.98. The zero-order valence-electron chi connectivity index (χ0n) is 13.0. The van der Waals surface area contributed by atoms with Crippen molar-refractivity contribution in [3.63, 3.8) is 0 Å². The fourth-order valence-electron chi connectivity index (χ4n) is 1.91. The van der Waals surface area contributed by atoms with E-state index in [1.54, 1.807) is 31.2 Å². The summed E-state index contributed by atoms with van der Waals surface area (Å²) in [6.07, 6.45) is 1.37. The van der Waals surface area contributed by atoms with Crippen LogP contribution in [0, 0.1) is 5.92 Å². The molecule has 2 N–H and O–H groups in total. The molecule has 0 saturated heterocycles. The van der Waals surface area contributed by atoms with Crippen molar-refractivity contribution in [3.05, 3.63) is 40.9 Å². The van der Waals surface area contributed by atoms with Crippen LogP contribution in [0.15, 0.2) is 35.4 Å². The molecule has 0 saturated carbocycles. The van der Waals surface area contributed by atoms with E-state index < -0.39 is 5.60 Å². The topological polar surface area (TPSA) is 84.2 Å². The van der Waals surface area contributed by atoms with Crippen LogP contribution in [0.5, 0.6) is 0 Å². The Bertz CT molecular complexity index is 735. The summed E-state index contributed by atoms with van der Waals surface area (Å²) >= 11 is 0. The van der Waals surface area contributed by atoms with Crippen LogP contribution < -0.4 is 10.9 Å². The lowest BCUT2D eigenvalue weighted by atomic mass is 9.92. The molecule has 0 aliphatic rings. The van der Waals surface area contributed by atoms with Crippen molar-refractivity contribution in [2.45, 2.75) is 32.9 Å². The summed E-state index contributed by atoms with van der Waals surface area (Å²) in [7, 11) is 0. The number of nitrogens with one attached hydrogen (secondary N) is 1. The average Bonchev–Trinajstić information content (AvgIpc) is 2.48. The average molecular weight is 303 g/mol. The van der Waals surface area contributed by atoms with Crippen molar-refractivity contribution < 1.29 is 9.90 Å². The Balaban J connectivity index is 2.10. The number of amides is 1. The Kier molecular flexibility index (Phi) is 4.61. The van der Waals surface area contributed by atoms with Crippen LogP contribution in [-0.2, 0) is 11.3 Å². The molecule has 0 fully saturated rings. The Labute approximate surface area is 128 Å². The maximum absolute atomic E-state index is 12.3. The molecule has 22 heavy (non-hydrogen) atoms. The van der Waals surface area contributed by atoms with Crippen LogP contribution in [-0.4, -0.2) is 32.7 Å². The van der Waals surface area contributed by atoms with Crippen molar-refractivity contribution in [2.24, 2.45) is 5.92 Å². The third kappa shape index (κ3) is 3.51. The Hall–Kier alpha value is -2.21. The van der Waals surface area contributed by atoms with Crippen molar-refractivity contribution >= 4 is 16.8 Å². The molecule has 0 bridgehead atoms. The van der Waals surface area contributed by atoms with Gasteiger partial charge in [-0.3, -0.25) is 14.2 Å². The zero-order valence-corrected chi connectivity index (χ0v) is 13.0. The minimum absolute atomic E-state index is 0.0119. The summed E-state index contributed by atoms with van der Waals surface area (Å²) < 4.78 is 1.27. The van der Waals surface area contributed by atoms with Crippen molar-refractivity contribution in [2.75, 3.05) is 6.54 Å². The first-order chi connectivity index (χ1) is 10.3. The number of rotatable bonds is 5. The normalized spacial score (nSPS) is 14.0. The Morgan fingerprint density at radius 1 is 1.41 bits per heavy atom. The molecule has 1 amide bonds. The lowest BCUT2D eigenvalue weighted by Gasteiger charge is -2.27. The molecule has 118 valence electrons. The van der Waals surface area contributed by atoms with E-state index in [1.165, 1.54) is 10.9 Å². The minimum atomic E-state index is -0.984. The number of nitrogens with zero attached hydrogens (tertiary/aromatic N) is 2. The number of para-hydroxylation sites is 1. The number of benzene rings is 1. The Morgan fingerprint density at radius 3 is 2.77 bits per heavy atom. The van der Waals surface area contributed by atoms with Gasteiger partial charge in [0.25, 0.3) is 5.56 Å². The van der Waals surface area contributed by atoms with E-state index in [0.29, 0.717) is 10.9 Å². The standard InChI is InChI=1S/C16H21N3O3/c1-11(2)16(3,22)9-17-14(20)8-19-10-18-13-7-5-4-6-12(13)15(19)21/h4-7,10-11,22H,8-9H2,1-3H3,(H,17,20). The van der Waals surface area contributed by atoms with Gasteiger partial charge in [0.15, 0.2) is 0 Å². The Morgan fingerprint density at radius 2 is 2.09 bits per heavy atom. The first kappa shape index (κ1) is 16.2. The van der Waals surface area contributed by atoms with Gasteiger partial charge in [0.05, 0.1) is 22.8 Å². The molecule has 1 unspecified atom stereocenters. The van der Waals surface area contributed by atoms with Crippen molar-refractivity contribution in [1.82, 2.24) is 14.9 Å². The van der Waals surface area contributed by atoms with E-state index in [0.717, 1.165) is 0 Å². The molecule has 0 spiro atoms. The smallest absolute Gasteiger partial charge is 0.261 e. The summed E-state index contributed by atoms with van der Waals surface area (Å²) in [4.78, 5) is 28.4. The van der Waals surface area contributed by atoms with Crippen LogP contribution in [0.25, 0.3) is 10.9 Å². The summed E-state index contributed by atoms with van der Waals surface area (Å²) in [5.41, 5.74) is -0.634. The molecule has 1 aromatic heterocycles. The largest absolute Gasteiger partial charge is 0.388 e. The van der Waals surface area contributed by atoms with Gasteiger partial charge in [-0.1, -0.05) is 26.0 Å².